The van der Waals surface area contributed by atoms with Crippen LogP contribution >= 0.6 is 0 Å². The van der Waals surface area contributed by atoms with Crippen molar-refractivity contribution in [3.8, 4) is 5.75 Å². The Kier molecular flexibility index (Phi) is 2.78. The Hall–Kier alpha value is -1.04. The summed E-state index contributed by atoms with van der Waals surface area (Å²) in [6, 6.07) is 5.27. The van der Waals surface area contributed by atoms with E-state index in [1.54, 1.807) is 12.1 Å². The maximum absolute atomic E-state index is 9.74. The van der Waals surface area contributed by atoms with E-state index < -0.39 is 7.12 Å². The fourth-order valence-corrected chi connectivity index (χ4v) is 2.56. The van der Waals surface area contributed by atoms with Crippen molar-refractivity contribution in [2.24, 2.45) is 5.73 Å². The van der Waals surface area contributed by atoms with Crippen LogP contribution in [-0.2, 0) is 14.8 Å². The van der Waals surface area contributed by atoms with E-state index in [1.807, 2.05) is 33.8 Å². The lowest BCUT2D eigenvalue weighted by Gasteiger charge is -2.32. The van der Waals surface area contributed by atoms with Gasteiger partial charge in [-0.25, -0.2) is 0 Å². The fraction of sp³-hybridized carbons (Fsp3) is 0.600. The number of hydrogen-bond acceptors (Lipinski definition) is 4. The summed E-state index contributed by atoms with van der Waals surface area (Å²) in [5.41, 5.74) is 7.10. The third-order valence-electron chi connectivity index (χ3n) is 4.87. The predicted octanol–water partition coefficient (Wildman–Crippen LogP) is 1.64. The molecular formula is C15H22BNO3. The summed E-state index contributed by atoms with van der Waals surface area (Å²) in [5, 5.41) is 9.74. The van der Waals surface area contributed by atoms with Gasteiger partial charge in [0.25, 0.3) is 0 Å². The van der Waals surface area contributed by atoms with Crippen LogP contribution in [-0.4, -0.2) is 23.4 Å². The SMILES string of the molecule is CC1(C)OB(c2ccc(O)cc2C2(N)CC2)OC1(C)C. The quantitative estimate of drug-likeness (QED) is 0.805. The minimum Gasteiger partial charge on any atom is -0.508 e. The highest BCUT2D eigenvalue weighted by atomic mass is 16.7. The number of benzene rings is 1. The lowest BCUT2D eigenvalue weighted by molar-refractivity contribution is 0.00578. The highest BCUT2D eigenvalue weighted by Gasteiger charge is 2.54. The molecule has 4 nitrogen and oxygen atoms in total. The van der Waals surface area contributed by atoms with Gasteiger partial charge in [-0.2, -0.15) is 0 Å². The molecule has 0 aromatic heterocycles. The van der Waals surface area contributed by atoms with Crippen LogP contribution < -0.4 is 11.2 Å². The zero-order valence-electron chi connectivity index (χ0n) is 12.6. The molecule has 1 saturated carbocycles. The molecule has 3 rings (SSSR count). The van der Waals surface area contributed by atoms with Crippen LogP contribution in [0.1, 0.15) is 46.1 Å². The highest BCUT2D eigenvalue weighted by molar-refractivity contribution is 6.62. The molecule has 1 aromatic carbocycles. The number of phenols is 1. The molecule has 5 heteroatoms. The number of hydrogen-bond donors (Lipinski definition) is 2. The normalized spacial score (nSPS) is 25.8. The molecule has 2 fully saturated rings. The molecule has 1 aromatic rings. The van der Waals surface area contributed by atoms with Crippen molar-refractivity contribution in [3.05, 3.63) is 23.8 Å². The van der Waals surface area contributed by atoms with E-state index in [1.165, 1.54) is 0 Å². The summed E-state index contributed by atoms with van der Waals surface area (Å²) in [6.07, 6.45) is 1.87. The maximum atomic E-state index is 9.74. The van der Waals surface area contributed by atoms with E-state index >= 15 is 0 Å². The van der Waals surface area contributed by atoms with Crippen molar-refractivity contribution >= 4 is 12.6 Å². The van der Waals surface area contributed by atoms with Gasteiger partial charge >= 0.3 is 7.12 Å². The summed E-state index contributed by atoms with van der Waals surface area (Å²) in [5.74, 6) is 0.233. The molecule has 20 heavy (non-hydrogen) atoms. The summed E-state index contributed by atoms with van der Waals surface area (Å²) in [4.78, 5) is 0. The smallest absolute Gasteiger partial charge is 0.495 e. The first-order valence-electron chi connectivity index (χ1n) is 7.13. The average Bonchev–Trinajstić information content (AvgIpc) is 3.02. The molecule has 2 aliphatic rings. The van der Waals surface area contributed by atoms with E-state index in [9.17, 15) is 5.11 Å². The molecule has 0 radical (unpaired) electrons. The Morgan fingerprint density at radius 3 is 2.15 bits per heavy atom. The van der Waals surface area contributed by atoms with E-state index in [-0.39, 0.29) is 22.5 Å². The van der Waals surface area contributed by atoms with Gasteiger partial charge in [-0.1, -0.05) is 6.07 Å². The second-order valence-electron chi connectivity index (χ2n) is 7.02. The predicted molar refractivity (Wildman–Crippen MR) is 78.9 cm³/mol. The van der Waals surface area contributed by atoms with Crippen LogP contribution in [0.5, 0.6) is 5.75 Å². The lowest BCUT2D eigenvalue weighted by Crippen LogP contribution is -2.41. The molecule has 108 valence electrons. The molecule has 0 amide bonds. The number of phenolic OH excluding ortho intramolecular Hbond substituents is 1. The molecule has 0 spiro atoms. The van der Waals surface area contributed by atoms with Crippen molar-refractivity contribution in [1.82, 2.24) is 0 Å². The first-order valence-corrected chi connectivity index (χ1v) is 7.13. The second-order valence-corrected chi connectivity index (χ2v) is 7.02. The third-order valence-corrected chi connectivity index (χ3v) is 4.87. The van der Waals surface area contributed by atoms with Gasteiger partial charge in [-0.3, -0.25) is 0 Å². The lowest BCUT2D eigenvalue weighted by atomic mass is 9.73. The Balaban J connectivity index is 2.00. The molecule has 0 unspecified atom stereocenters. The van der Waals surface area contributed by atoms with Crippen molar-refractivity contribution in [3.63, 3.8) is 0 Å². The van der Waals surface area contributed by atoms with Crippen molar-refractivity contribution in [2.45, 2.75) is 57.3 Å². The fourth-order valence-electron chi connectivity index (χ4n) is 2.56. The van der Waals surface area contributed by atoms with Crippen LogP contribution in [0.4, 0.5) is 0 Å². The minimum absolute atomic E-state index is 0.233. The largest absolute Gasteiger partial charge is 0.508 e. The summed E-state index contributed by atoms with van der Waals surface area (Å²) in [6.45, 7) is 8.12. The van der Waals surface area contributed by atoms with Crippen molar-refractivity contribution in [1.29, 1.82) is 0 Å². The monoisotopic (exact) mass is 275 g/mol. The third kappa shape index (κ3) is 2.05. The zero-order valence-corrected chi connectivity index (χ0v) is 12.6. The summed E-state index contributed by atoms with van der Waals surface area (Å²) >= 11 is 0. The molecule has 1 aliphatic carbocycles. The van der Waals surface area contributed by atoms with Crippen LogP contribution in [0.15, 0.2) is 18.2 Å². The Bertz CT molecular complexity index is 536. The van der Waals surface area contributed by atoms with Crippen LogP contribution in [0.3, 0.4) is 0 Å². The van der Waals surface area contributed by atoms with Crippen LogP contribution in [0, 0.1) is 0 Å². The molecule has 3 N–H and O–H groups in total. The topological polar surface area (TPSA) is 64.7 Å². The second kappa shape index (κ2) is 4.00. The number of aromatic hydroxyl groups is 1. The molecule has 1 saturated heterocycles. The van der Waals surface area contributed by atoms with Crippen molar-refractivity contribution in [2.75, 3.05) is 0 Å². The van der Waals surface area contributed by atoms with Gasteiger partial charge in [0.2, 0.25) is 0 Å². The summed E-state index contributed by atoms with van der Waals surface area (Å²) in [7, 11) is -0.434. The van der Waals surface area contributed by atoms with Gasteiger partial charge in [0.1, 0.15) is 5.75 Å². The van der Waals surface area contributed by atoms with E-state index in [4.69, 9.17) is 15.0 Å². The zero-order chi connectivity index (χ0) is 14.8. The first-order chi connectivity index (χ1) is 9.15. The molecule has 1 aliphatic heterocycles. The minimum atomic E-state index is -0.434. The highest BCUT2D eigenvalue weighted by Crippen LogP contribution is 2.44. The van der Waals surface area contributed by atoms with E-state index in [0.717, 1.165) is 23.9 Å². The number of rotatable bonds is 2. The van der Waals surface area contributed by atoms with E-state index in [2.05, 4.69) is 0 Å². The maximum Gasteiger partial charge on any atom is 0.495 e. The van der Waals surface area contributed by atoms with Gasteiger partial charge in [0.15, 0.2) is 0 Å². The first kappa shape index (κ1) is 13.9. The standard InChI is InChI=1S/C15H22BNO3/c1-13(2)14(3,4)20-16(19-13)12-6-5-10(18)9-11(12)15(17)7-8-15/h5-6,9,18H,7-8,17H2,1-4H3. The molecular weight excluding hydrogens is 253 g/mol. The Morgan fingerprint density at radius 2 is 1.65 bits per heavy atom. The van der Waals surface area contributed by atoms with Crippen molar-refractivity contribution < 1.29 is 14.4 Å². The average molecular weight is 275 g/mol. The van der Waals surface area contributed by atoms with Gasteiger partial charge in [-0.05, 0) is 63.7 Å². The number of nitrogens with two attached hydrogens (primary N) is 1. The van der Waals surface area contributed by atoms with Gasteiger partial charge < -0.3 is 20.1 Å². The van der Waals surface area contributed by atoms with E-state index in [0.29, 0.717) is 0 Å². The van der Waals surface area contributed by atoms with Crippen LogP contribution in [0.25, 0.3) is 0 Å². The van der Waals surface area contributed by atoms with Gasteiger partial charge in [0.05, 0.1) is 11.2 Å². The Labute approximate surface area is 120 Å². The van der Waals surface area contributed by atoms with Crippen LogP contribution in [0.2, 0.25) is 0 Å². The summed E-state index contributed by atoms with van der Waals surface area (Å²) < 4.78 is 12.2. The van der Waals surface area contributed by atoms with Gasteiger partial charge in [0, 0.05) is 5.54 Å². The molecule has 1 heterocycles. The van der Waals surface area contributed by atoms with Gasteiger partial charge in [-0.15, -0.1) is 0 Å². The Morgan fingerprint density at radius 1 is 1.10 bits per heavy atom. The molecule has 0 bridgehead atoms. The molecule has 0 atom stereocenters.